The largest absolute Gasteiger partial charge is 0.393 e. The van der Waals surface area contributed by atoms with Crippen LogP contribution in [0.5, 0.6) is 0 Å². The molecule has 44 heavy (non-hydrogen) atoms. The summed E-state index contributed by atoms with van der Waals surface area (Å²) in [6, 6.07) is 0. The molecule has 0 heterocycles. The normalized spacial score (nSPS) is 27.0. The minimum Gasteiger partial charge on any atom is -0.393 e. The van der Waals surface area contributed by atoms with Crippen molar-refractivity contribution in [3.63, 3.8) is 0 Å². The second-order valence-electron chi connectivity index (χ2n) is 14.2. The molecule has 3 atom stereocenters. The zero-order chi connectivity index (χ0) is 33.3. The number of hydrogen-bond donors (Lipinski definition) is 2. The topological polar surface area (TPSA) is 74.6 Å². The smallest absolute Gasteiger partial charge is 0.161 e. The Morgan fingerprint density at radius 3 is 2.02 bits per heavy atom. The third kappa shape index (κ3) is 10.4. The highest BCUT2D eigenvalue weighted by Crippen LogP contribution is 2.48. The highest BCUT2D eigenvalue weighted by atomic mass is 16.3. The highest BCUT2D eigenvalue weighted by molar-refractivity contribution is 5.96. The minimum absolute atomic E-state index is 0.0210. The van der Waals surface area contributed by atoms with Crippen molar-refractivity contribution >= 4 is 11.6 Å². The molecule has 0 aliphatic heterocycles. The van der Waals surface area contributed by atoms with Crippen molar-refractivity contribution in [3.05, 3.63) is 94.2 Å². The van der Waals surface area contributed by atoms with Gasteiger partial charge in [0.25, 0.3) is 0 Å². The van der Waals surface area contributed by atoms with E-state index in [1.165, 1.54) is 5.57 Å². The third-order valence-corrected chi connectivity index (χ3v) is 9.05. The fourth-order valence-corrected chi connectivity index (χ4v) is 6.28. The van der Waals surface area contributed by atoms with E-state index in [2.05, 4.69) is 32.6 Å². The Balaban J connectivity index is 1.93. The predicted octanol–water partition coefficient (Wildman–Crippen LogP) is 8.66. The first-order valence-corrected chi connectivity index (χ1v) is 15.8. The van der Waals surface area contributed by atoms with E-state index in [1.54, 1.807) is 13.0 Å². The van der Waals surface area contributed by atoms with E-state index in [0.29, 0.717) is 24.8 Å². The molecular formula is C40H54O4. The van der Waals surface area contributed by atoms with Gasteiger partial charge in [0.05, 0.1) is 11.7 Å². The number of aliphatic hydroxyl groups excluding tert-OH is 1. The molecule has 0 radical (unpaired) electrons. The maximum absolute atomic E-state index is 12.9. The molecule has 0 amide bonds. The molecule has 0 bridgehead atoms. The van der Waals surface area contributed by atoms with Crippen LogP contribution in [-0.2, 0) is 9.59 Å². The van der Waals surface area contributed by atoms with Crippen LogP contribution in [0.3, 0.4) is 0 Å². The van der Waals surface area contributed by atoms with Crippen LogP contribution < -0.4 is 0 Å². The van der Waals surface area contributed by atoms with Crippen LogP contribution in [0.2, 0.25) is 0 Å². The lowest BCUT2D eigenvalue weighted by Crippen LogP contribution is -2.55. The highest BCUT2D eigenvalue weighted by Gasteiger charge is 2.53. The average molecular weight is 599 g/mol. The standard InChI is InChI=1S/C40H54O4/c1-28(17-13-18-30(3)21-22-36-32(5)23-34(41)25-38(36,7)8)15-11-12-16-29(2)19-14-20-31(4)37(43)27-40(44)33(6)24-35(42)26-39(40,9)10/h11-20,33-34,41,44H,23-27H2,1-10H3/b12-11+,17-13+,19-14+,28-15+,29-16+,30-18+,31-20+. The fraction of sp³-hybridized carbons (Fsp3) is 0.500. The zero-order valence-corrected chi connectivity index (χ0v) is 28.7. The van der Waals surface area contributed by atoms with Gasteiger partial charge in [-0.15, -0.1) is 0 Å². The van der Waals surface area contributed by atoms with Gasteiger partial charge in [-0.1, -0.05) is 124 Å². The maximum Gasteiger partial charge on any atom is 0.161 e. The van der Waals surface area contributed by atoms with E-state index in [0.717, 1.165) is 28.7 Å². The number of carbonyl (C=O) groups excluding carboxylic acids is 2. The molecule has 4 heteroatoms. The lowest BCUT2D eigenvalue weighted by Gasteiger charge is -2.49. The average Bonchev–Trinajstić information content (AvgIpc) is 2.88. The molecule has 0 aromatic heterocycles. The van der Waals surface area contributed by atoms with Crippen LogP contribution in [0, 0.1) is 28.6 Å². The van der Waals surface area contributed by atoms with Gasteiger partial charge >= 0.3 is 0 Å². The number of hydrogen-bond acceptors (Lipinski definition) is 4. The quantitative estimate of drug-likeness (QED) is 0.158. The van der Waals surface area contributed by atoms with Gasteiger partial charge in [-0.3, -0.25) is 9.59 Å². The Kier molecular flexibility index (Phi) is 13.1. The monoisotopic (exact) mass is 598 g/mol. The molecule has 2 N–H and O–H groups in total. The summed E-state index contributed by atoms with van der Waals surface area (Å²) in [5.41, 5.74) is 4.11. The molecule has 0 saturated heterocycles. The first-order chi connectivity index (χ1) is 20.4. The Bertz CT molecular complexity index is 1400. The lowest BCUT2D eigenvalue weighted by atomic mass is 9.58. The molecule has 2 rings (SSSR count). The van der Waals surface area contributed by atoms with Gasteiger partial charge in [-0.05, 0) is 64.5 Å². The number of Topliss-reactive ketones (excluding diaryl/α,β-unsaturated/α-hetero) is 2. The van der Waals surface area contributed by atoms with Crippen LogP contribution in [0.15, 0.2) is 94.2 Å². The van der Waals surface area contributed by atoms with Crippen LogP contribution in [0.1, 0.15) is 101 Å². The van der Waals surface area contributed by atoms with Crippen LogP contribution in [0.25, 0.3) is 0 Å². The SMILES string of the molecule is CC1=C(C#C/C(C)=C/C=C/C(C)=C/C=C/C=C(C)/C=C/C=C(\C)C(=O)CC2(O)C(C)CC(=O)CC2(C)C)C(C)(C)CC(O)C1. The Morgan fingerprint density at radius 1 is 0.909 bits per heavy atom. The molecule has 1 fully saturated rings. The van der Waals surface area contributed by atoms with Gasteiger partial charge in [0.2, 0.25) is 0 Å². The summed E-state index contributed by atoms with van der Waals surface area (Å²) in [5, 5.41) is 21.5. The number of allylic oxidation sites excluding steroid dienone is 15. The summed E-state index contributed by atoms with van der Waals surface area (Å²) in [6.45, 7) is 19.8. The molecule has 238 valence electrons. The van der Waals surface area contributed by atoms with Gasteiger partial charge in [0.15, 0.2) is 5.78 Å². The van der Waals surface area contributed by atoms with Crippen molar-refractivity contribution in [2.24, 2.45) is 16.7 Å². The summed E-state index contributed by atoms with van der Waals surface area (Å²) in [5.74, 6) is 6.43. The van der Waals surface area contributed by atoms with E-state index in [1.807, 2.05) is 96.2 Å². The van der Waals surface area contributed by atoms with Crippen molar-refractivity contribution in [1.29, 1.82) is 0 Å². The zero-order valence-electron chi connectivity index (χ0n) is 28.7. The first kappa shape index (κ1) is 36.9. The van der Waals surface area contributed by atoms with E-state index in [4.69, 9.17) is 0 Å². The van der Waals surface area contributed by atoms with E-state index in [9.17, 15) is 19.8 Å². The van der Waals surface area contributed by atoms with Crippen molar-refractivity contribution in [1.82, 2.24) is 0 Å². The number of ketones is 2. The number of aliphatic hydroxyl groups is 2. The van der Waals surface area contributed by atoms with Crippen LogP contribution in [-0.4, -0.2) is 33.5 Å². The Hall–Kier alpha value is -3.26. The van der Waals surface area contributed by atoms with Crippen LogP contribution in [0.4, 0.5) is 0 Å². The number of rotatable bonds is 9. The third-order valence-electron chi connectivity index (χ3n) is 9.05. The molecule has 2 aliphatic carbocycles. The molecule has 2 aliphatic rings. The van der Waals surface area contributed by atoms with Gasteiger partial charge < -0.3 is 10.2 Å². The molecule has 0 aromatic carbocycles. The Labute approximate surface area is 266 Å². The first-order valence-electron chi connectivity index (χ1n) is 15.8. The summed E-state index contributed by atoms with van der Waals surface area (Å²) < 4.78 is 0. The fourth-order valence-electron chi connectivity index (χ4n) is 6.28. The molecule has 3 unspecified atom stereocenters. The maximum atomic E-state index is 12.9. The summed E-state index contributed by atoms with van der Waals surface area (Å²) in [6.07, 6.45) is 21.5. The van der Waals surface area contributed by atoms with Gasteiger partial charge in [0, 0.05) is 35.7 Å². The van der Waals surface area contributed by atoms with E-state index in [-0.39, 0.29) is 35.4 Å². The number of carbonyl (C=O) groups is 2. The van der Waals surface area contributed by atoms with Gasteiger partial charge in [-0.25, -0.2) is 0 Å². The van der Waals surface area contributed by atoms with E-state index < -0.39 is 11.0 Å². The molecule has 0 spiro atoms. The molecule has 1 saturated carbocycles. The molecule has 4 nitrogen and oxygen atoms in total. The summed E-state index contributed by atoms with van der Waals surface area (Å²) in [7, 11) is 0. The Morgan fingerprint density at radius 2 is 1.48 bits per heavy atom. The summed E-state index contributed by atoms with van der Waals surface area (Å²) in [4.78, 5) is 25.0. The molecule has 0 aromatic rings. The van der Waals surface area contributed by atoms with E-state index >= 15 is 0 Å². The van der Waals surface area contributed by atoms with Crippen molar-refractivity contribution in [2.45, 2.75) is 113 Å². The van der Waals surface area contributed by atoms with Crippen molar-refractivity contribution in [2.75, 3.05) is 0 Å². The predicted molar refractivity (Wildman–Crippen MR) is 184 cm³/mol. The van der Waals surface area contributed by atoms with Gasteiger partial charge in [-0.2, -0.15) is 0 Å². The second-order valence-corrected chi connectivity index (χ2v) is 14.2. The van der Waals surface area contributed by atoms with Gasteiger partial charge in [0.1, 0.15) is 5.78 Å². The minimum atomic E-state index is -1.20. The van der Waals surface area contributed by atoms with Crippen molar-refractivity contribution < 1.29 is 19.8 Å². The second kappa shape index (κ2) is 15.6. The molecular weight excluding hydrogens is 544 g/mol. The summed E-state index contributed by atoms with van der Waals surface area (Å²) >= 11 is 0. The lowest BCUT2D eigenvalue weighted by molar-refractivity contribution is -0.162. The van der Waals surface area contributed by atoms with Crippen LogP contribution >= 0.6 is 0 Å². The van der Waals surface area contributed by atoms with Crippen molar-refractivity contribution in [3.8, 4) is 11.8 Å².